The van der Waals surface area contributed by atoms with Gasteiger partial charge < -0.3 is 9.64 Å². The summed E-state index contributed by atoms with van der Waals surface area (Å²) in [5.74, 6) is 0.488. The molecule has 1 aliphatic rings. The number of anilines is 1. The predicted molar refractivity (Wildman–Crippen MR) is 75.8 cm³/mol. The Labute approximate surface area is 118 Å². The fourth-order valence-corrected chi connectivity index (χ4v) is 2.52. The number of rotatable bonds is 4. The zero-order chi connectivity index (χ0) is 14.5. The third kappa shape index (κ3) is 3.15. The van der Waals surface area contributed by atoms with Crippen molar-refractivity contribution in [3.8, 4) is 0 Å². The fourth-order valence-electron chi connectivity index (χ4n) is 2.52. The molecular weight excluding hydrogens is 256 g/mol. The van der Waals surface area contributed by atoms with Crippen LogP contribution < -0.4 is 4.90 Å². The Bertz CT molecular complexity index is 502. The van der Waals surface area contributed by atoms with E-state index in [2.05, 4.69) is 4.98 Å². The molecule has 0 radical (unpaired) electrons. The number of Topliss-reactive ketones (excluding diaryl/α,β-unsaturated/α-hetero) is 1. The number of hydrogen-bond acceptors (Lipinski definition) is 5. The summed E-state index contributed by atoms with van der Waals surface area (Å²) in [4.78, 5) is 29.9. The molecule has 5 heteroatoms. The summed E-state index contributed by atoms with van der Waals surface area (Å²) in [6, 6.07) is 3.44. The van der Waals surface area contributed by atoms with Crippen molar-refractivity contribution in [2.75, 3.05) is 24.6 Å². The normalized spacial score (nSPS) is 18.7. The smallest absolute Gasteiger partial charge is 0.341 e. The van der Waals surface area contributed by atoms with E-state index in [9.17, 15) is 9.59 Å². The lowest BCUT2D eigenvalue weighted by Crippen LogP contribution is -2.39. The number of esters is 1. The minimum atomic E-state index is -0.361. The standard InChI is InChI=1S/C15H20N2O3/c1-3-20-15(19)13-7-4-8-16-14(13)17-9-5-6-12(10-17)11(2)18/h4,7-8,12H,3,5-6,9-10H2,1-2H3. The summed E-state index contributed by atoms with van der Waals surface area (Å²) in [7, 11) is 0. The van der Waals surface area contributed by atoms with Crippen molar-refractivity contribution >= 4 is 17.6 Å². The van der Waals surface area contributed by atoms with Crippen molar-refractivity contribution in [3.63, 3.8) is 0 Å². The van der Waals surface area contributed by atoms with E-state index in [0.717, 1.165) is 19.4 Å². The van der Waals surface area contributed by atoms with Crippen LogP contribution in [-0.4, -0.2) is 36.4 Å². The maximum atomic E-state index is 12.0. The summed E-state index contributed by atoms with van der Waals surface area (Å²) >= 11 is 0. The lowest BCUT2D eigenvalue weighted by Gasteiger charge is -2.33. The maximum absolute atomic E-state index is 12.0. The van der Waals surface area contributed by atoms with Crippen molar-refractivity contribution in [1.29, 1.82) is 0 Å². The second-order valence-electron chi connectivity index (χ2n) is 4.99. The van der Waals surface area contributed by atoms with E-state index in [1.807, 2.05) is 4.90 Å². The number of pyridine rings is 1. The second-order valence-corrected chi connectivity index (χ2v) is 4.99. The number of ether oxygens (including phenoxy) is 1. The molecule has 2 rings (SSSR count). The van der Waals surface area contributed by atoms with Gasteiger partial charge in [0.25, 0.3) is 0 Å². The first-order valence-electron chi connectivity index (χ1n) is 7.01. The predicted octanol–water partition coefficient (Wildman–Crippen LogP) is 2.06. The van der Waals surface area contributed by atoms with Gasteiger partial charge in [0.1, 0.15) is 17.2 Å². The van der Waals surface area contributed by atoms with E-state index < -0.39 is 0 Å². The molecule has 1 aromatic heterocycles. The Balaban J connectivity index is 2.23. The van der Waals surface area contributed by atoms with Gasteiger partial charge in [0.2, 0.25) is 0 Å². The van der Waals surface area contributed by atoms with Gasteiger partial charge in [-0.2, -0.15) is 0 Å². The van der Waals surface area contributed by atoms with Crippen molar-refractivity contribution < 1.29 is 14.3 Å². The van der Waals surface area contributed by atoms with Crippen LogP contribution >= 0.6 is 0 Å². The number of nitrogens with zero attached hydrogens (tertiary/aromatic N) is 2. The summed E-state index contributed by atoms with van der Waals surface area (Å²) in [6.45, 7) is 5.18. The first-order chi connectivity index (χ1) is 9.63. The van der Waals surface area contributed by atoms with Crippen LogP contribution in [0.1, 0.15) is 37.0 Å². The molecule has 0 bridgehead atoms. The van der Waals surface area contributed by atoms with Crippen molar-refractivity contribution in [2.45, 2.75) is 26.7 Å². The molecule has 1 aromatic rings. The molecule has 0 spiro atoms. The van der Waals surface area contributed by atoms with Crippen molar-refractivity contribution in [1.82, 2.24) is 4.98 Å². The lowest BCUT2D eigenvalue weighted by molar-refractivity contribution is -0.120. The monoisotopic (exact) mass is 276 g/mol. The van der Waals surface area contributed by atoms with Gasteiger partial charge in [0, 0.05) is 25.2 Å². The Morgan fingerprint density at radius 3 is 3.00 bits per heavy atom. The van der Waals surface area contributed by atoms with Crippen LogP contribution in [0.2, 0.25) is 0 Å². The number of carbonyl (C=O) groups is 2. The number of carbonyl (C=O) groups excluding carboxylic acids is 2. The van der Waals surface area contributed by atoms with Crippen molar-refractivity contribution in [3.05, 3.63) is 23.9 Å². The van der Waals surface area contributed by atoms with E-state index in [4.69, 9.17) is 4.74 Å². The van der Waals surface area contributed by atoms with Gasteiger partial charge >= 0.3 is 5.97 Å². The zero-order valence-electron chi connectivity index (χ0n) is 12.0. The first kappa shape index (κ1) is 14.5. The molecule has 0 N–H and O–H groups in total. The highest BCUT2D eigenvalue weighted by Crippen LogP contribution is 2.25. The third-order valence-electron chi connectivity index (χ3n) is 3.58. The Morgan fingerprint density at radius 1 is 1.50 bits per heavy atom. The molecule has 1 aliphatic heterocycles. The maximum Gasteiger partial charge on any atom is 0.341 e. The van der Waals surface area contributed by atoms with Crippen LogP contribution in [0.4, 0.5) is 5.82 Å². The number of aromatic nitrogens is 1. The minimum Gasteiger partial charge on any atom is -0.462 e. The van der Waals surface area contributed by atoms with Crippen LogP contribution in [0, 0.1) is 5.92 Å². The molecule has 1 unspecified atom stereocenters. The summed E-state index contributed by atoms with van der Waals surface area (Å²) in [5, 5.41) is 0. The molecule has 1 saturated heterocycles. The van der Waals surface area contributed by atoms with Gasteiger partial charge in [-0.3, -0.25) is 4.79 Å². The summed E-state index contributed by atoms with van der Waals surface area (Å²) in [6.07, 6.45) is 3.51. The van der Waals surface area contributed by atoms with Crippen LogP contribution in [0.5, 0.6) is 0 Å². The molecule has 0 amide bonds. The summed E-state index contributed by atoms with van der Waals surface area (Å²) < 4.78 is 5.06. The molecule has 5 nitrogen and oxygen atoms in total. The largest absolute Gasteiger partial charge is 0.462 e. The van der Waals surface area contributed by atoms with E-state index in [-0.39, 0.29) is 17.7 Å². The SMILES string of the molecule is CCOC(=O)c1cccnc1N1CCCC(C(C)=O)C1. The van der Waals surface area contributed by atoms with Gasteiger partial charge in [-0.1, -0.05) is 0 Å². The van der Waals surface area contributed by atoms with Crippen LogP contribution in [-0.2, 0) is 9.53 Å². The van der Waals surface area contributed by atoms with E-state index >= 15 is 0 Å². The lowest BCUT2D eigenvalue weighted by atomic mass is 9.94. The fraction of sp³-hybridized carbons (Fsp3) is 0.533. The Kier molecular flexibility index (Phi) is 4.71. The van der Waals surface area contributed by atoms with Gasteiger partial charge in [-0.05, 0) is 38.8 Å². The van der Waals surface area contributed by atoms with Crippen LogP contribution in [0.15, 0.2) is 18.3 Å². The summed E-state index contributed by atoms with van der Waals surface area (Å²) in [5.41, 5.74) is 0.471. The second kappa shape index (κ2) is 6.50. The number of piperidine rings is 1. The highest BCUT2D eigenvalue weighted by molar-refractivity contribution is 5.95. The van der Waals surface area contributed by atoms with E-state index in [1.165, 1.54) is 0 Å². The molecular formula is C15H20N2O3. The van der Waals surface area contributed by atoms with Gasteiger partial charge in [0.15, 0.2) is 0 Å². The number of ketones is 1. The first-order valence-corrected chi connectivity index (χ1v) is 7.01. The highest BCUT2D eigenvalue weighted by atomic mass is 16.5. The average molecular weight is 276 g/mol. The van der Waals surface area contributed by atoms with Crippen LogP contribution in [0.25, 0.3) is 0 Å². The molecule has 1 fully saturated rings. The number of hydrogen-bond donors (Lipinski definition) is 0. The molecule has 0 saturated carbocycles. The third-order valence-corrected chi connectivity index (χ3v) is 3.58. The zero-order valence-corrected chi connectivity index (χ0v) is 12.0. The van der Waals surface area contributed by atoms with E-state index in [1.54, 1.807) is 32.2 Å². The quantitative estimate of drug-likeness (QED) is 0.788. The average Bonchev–Trinajstić information content (AvgIpc) is 2.47. The van der Waals surface area contributed by atoms with E-state index in [0.29, 0.717) is 24.5 Å². The highest BCUT2D eigenvalue weighted by Gasteiger charge is 2.26. The van der Waals surface area contributed by atoms with Gasteiger partial charge in [0.05, 0.1) is 6.61 Å². The molecule has 108 valence electrons. The molecule has 20 heavy (non-hydrogen) atoms. The topological polar surface area (TPSA) is 59.5 Å². The Morgan fingerprint density at radius 2 is 2.30 bits per heavy atom. The molecule has 0 aliphatic carbocycles. The van der Waals surface area contributed by atoms with Gasteiger partial charge in [-0.25, -0.2) is 9.78 Å². The molecule has 2 heterocycles. The van der Waals surface area contributed by atoms with Crippen molar-refractivity contribution in [2.24, 2.45) is 5.92 Å². The molecule has 0 aromatic carbocycles. The van der Waals surface area contributed by atoms with Crippen LogP contribution in [0.3, 0.4) is 0 Å². The minimum absolute atomic E-state index is 0.0285. The van der Waals surface area contributed by atoms with Gasteiger partial charge in [-0.15, -0.1) is 0 Å². The molecule has 1 atom stereocenters. The Hall–Kier alpha value is -1.91.